The average Bonchev–Trinajstić information content (AvgIpc) is 3.33. The fourth-order valence-corrected chi connectivity index (χ4v) is 2.20. The Balaban J connectivity index is 1.74. The Bertz CT molecular complexity index is 891. The van der Waals surface area contributed by atoms with Crippen molar-refractivity contribution in [2.45, 2.75) is 20.1 Å². The zero-order valence-corrected chi connectivity index (χ0v) is 13.5. The van der Waals surface area contributed by atoms with Crippen LogP contribution >= 0.6 is 0 Å². The van der Waals surface area contributed by atoms with Crippen molar-refractivity contribution in [3.63, 3.8) is 0 Å². The summed E-state index contributed by atoms with van der Waals surface area (Å²) < 4.78 is 7.77. The molecular formula is C16H16N8O. The Morgan fingerprint density at radius 1 is 1.40 bits per heavy atom. The van der Waals surface area contributed by atoms with E-state index >= 15 is 0 Å². The van der Waals surface area contributed by atoms with E-state index in [0.29, 0.717) is 12.4 Å². The van der Waals surface area contributed by atoms with Crippen LogP contribution in [-0.2, 0) is 13.2 Å². The molecule has 0 spiro atoms. The van der Waals surface area contributed by atoms with Crippen LogP contribution in [0.25, 0.3) is 5.57 Å². The molecule has 0 aliphatic rings. The summed E-state index contributed by atoms with van der Waals surface area (Å²) in [5, 5.41) is 29.8. The second kappa shape index (κ2) is 7.74. The van der Waals surface area contributed by atoms with E-state index < -0.39 is 0 Å². The van der Waals surface area contributed by atoms with E-state index in [2.05, 4.69) is 31.0 Å². The molecule has 2 heterocycles. The highest BCUT2D eigenvalue weighted by Crippen LogP contribution is 2.25. The number of nitrogens with one attached hydrogen (secondary N) is 2. The van der Waals surface area contributed by atoms with Gasteiger partial charge in [0.1, 0.15) is 24.0 Å². The third kappa shape index (κ3) is 3.81. The standard InChI is InChI=1S/C16H16N8O/c1-2-24-13(7-8-19-24)11-25-15-6-4-3-5-14(15)18-10-12(9-17)16-20-22-23-21-16/h3-8,10,18H,2,11H2,1H3,(H,20,21,22,23). The molecule has 1 aromatic carbocycles. The lowest BCUT2D eigenvalue weighted by Crippen LogP contribution is -2.06. The van der Waals surface area contributed by atoms with Crippen LogP contribution in [0.2, 0.25) is 0 Å². The van der Waals surface area contributed by atoms with Crippen LogP contribution in [0.5, 0.6) is 5.75 Å². The van der Waals surface area contributed by atoms with Crippen LogP contribution in [-0.4, -0.2) is 30.4 Å². The van der Waals surface area contributed by atoms with Crippen molar-refractivity contribution in [2.24, 2.45) is 0 Å². The number of nitriles is 1. The van der Waals surface area contributed by atoms with Crippen molar-refractivity contribution in [1.82, 2.24) is 30.4 Å². The van der Waals surface area contributed by atoms with Gasteiger partial charge in [-0.15, -0.1) is 10.2 Å². The maximum Gasteiger partial charge on any atom is 0.216 e. The average molecular weight is 336 g/mol. The number of nitrogens with zero attached hydrogens (tertiary/aromatic N) is 6. The van der Waals surface area contributed by atoms with Gasteiger partial charge in [-0.2, -0.15) is 15.6 Å². The van der Waals surface area contributed by atoms with Gasteiger partial charge >= 0.3 is 0 Å². The molecule has 0 radical (unpaired) electrons. The van der Waals surface area contributed by atoms with E-state index in [-0.39, 0.29) is 11.4 Å². The first kappa shape index (κ1) is 16.2. The molecule has 0 saturated heterocycles. The van der Waals surface area contributed by atoms with E-state index in [1.807, 2.05) is 48.0 Å². The molecule has 0 bridgehead atoms. The monoisotopic (exact) mass is 336 g/mol. The number of aryl methyl sites for hydroxylation is 1. The van der Waals surface area contributed by atoms with Gasteiger partial charge < -0.3 is 10.1 Å². The third-order valence-electron chi connectivity index (χ3n) is 3.45. The summed E-state index contributed by atoms with van der Waals surface area (Å²) in [6.45, 7) is 3.20. The number of allylic oxidation sites excluding steroid dienone is 1. The predicted molar refractivity (Wildman–Crippen MR) is 90.1 cm³/mol. The quantitative estimate of drug-likeness (QED) is 0.633. The second-order valence-corrected chi connectivity index (χ2v) is 4.97. The topological polar surface area (TPSA) is 117 Å². The highest BCUT2D eigenvalue weighted by Gasteiger charge is 2.08. The molecule has 0 unspecified atom stereocenters. The van der Waals surface area contributed by atoms with E-state index in [9.17, 15) is 5.26 Å². The number of aromatic amines is 1. The molecule has 0 aliphatic heterocycles. The fourth-order valence-electron chi connectivity index (χ4n) is 2.20. The molecule has 0 saturated carbocycles. The van der Waals surface area contributed by atoms with Crippen molar-refractivity contribution in [1.29, 1.82) is 5.26 Å². The molecule has 0 aliphatic carbocycles. The van der Waals surface area contributed by atoms with E-state index in [4.69, 9.17) is 4.74 Å². The van der Waals surface area contributed by atoms with E-state index in [1.54, 1.807) is 6.20 Å². The first-order valence-electron chi connectivity index (χ1n) is 7.65. The van der Waals surface area contributed by atoms with Gasteiger partial charge in [0.15, 0.2) is 0 Å². The van der Waals surface area contributed by atoms with Crippen molar-refractivity contribution < 1.29 is 4.74 Å². The van der Waals surface area contributed by atoms with Crippen LogP contribution in [0.3, 0.4) is 0 Å². The van der Waals surface area contributed by atoms with Gasteiger partial charge in [0.2, 0.25) is 5.82 Å². The number of benzene rings is 1. The molecule has 0 amide bonds. The van der Waals surface area contributed by atoms with Gasteiger partial charge in [-0.05, 0) is 30.3 Å². The molecule has 0 fully saturated rings. The summed E-state index contributed by atoms with van der Waals surface area (Å²) in [5.41, 5.74) is 1.96. The molecule has 126 valence electrons. The minimum absolute atomic E-state index is 0.222. The molecule has 3 aromatic rings. The van der Waals surface area contributed by atoms with Crippen LogP contribution in [0.1, 0.15) is 18.4 Å². The number of hydrogen-bond donors (Lipinski definition) is 2. The Hall–Kier alpha value is -3.67. The number of hydrogen-bond acceptors (Lipinski definition) is 7. The number of H-pyrrole nitrogens is 1. The van der Waals surface area contributed by atoms with Gasteiger partial charge in [0.05, 0.1) is 11.4 Å². The van der Waals surface area contributed by atoms with Crippen LogP contribution in [0, 0.1) is 11.3 Å². The molecule has 2 N–H and O–H groups in total. The summed E-state index contributed by atoms with van der Waals surface area (Å²) in [7, 11) is 0. The largest absolute Gasteiger partial charge is 0.485 e. The van der Waals surface area contributed by atoms with Gasteiger partial charge in [-0.1, -0.05) is 12.1 Å². The summed E-state index contributed by atoms with van der Waals surface area (Å²) in [5.74, 6) is 0.883. The third-order valence-corrected chi connectivity index (χ3v) is 3.45. The SMILES string of the molecule is CCn1nccc1COc1ccccc1NC=C(C#N)c1nn[nH]n1. The highest BCUT2D eigenvalue weighted by molar-refractivity contribution is 5.74. The zero-order chi connectivity index (χ0) is 17.5. The first-order chi connectivity index (χ1) is 12.3. The van der Waals surface area contributed by atoms with Crippen molar-refractivity contribution in [3.8, 4) is 11.8 Å². The van der Waals surface area contributed by atoms with E-state index in [0.717, 1.165) is 17.9 Å². The van der Waals surface area contributed by atoms with Crippen molar-refractivity contribution in [2.75, 3.05) is 5.32 Å². The normalized spacial score (nSPS) is 11.1. The van der Waals surface area contributed by atoms with Crippen molar-refractivity contribution >= 4 is 11.3 Å². The van der Waals surface area contributed by atoms with Gasteiger partial charge in [0, 0.05) is 18.9 Å². The molecule has 25 heavy (non-hydrogen) atoms. The predicted octanol–water partition coefficient (Wildman–Crippen LogP) is 1.97. The summed E-state index contributed by atoms with van der Waals surface area (Å²) in [4.78, 5) is 0. The van der Waals surface area contributed by atoms with E-state index in [1.165, 1.54) is 6.20 Å². The summed E-state index contributed by atoms with van der Waals surface area (Å²) >= 11 is 0. The minimum atomic E-state index is 0.222. The minimum Gasteiger partial charge on any atom is -0.485 e. The summed E-state index contributed by atoms with van der Waals surface area (Å²) in [6, 6.07) is 11.4. The van der Waals surface area contributed by atoms with Crippen LogP contribution in [0.15, 0.2) is 42.7 Å². The van der Waals surface area contributed by atoms with Crippen LogP contribution in [0.4, 0.5) is 5.69 Å². The Morgan fingerprint density at radius 3 is 3.04 bits per heavy atom. The number of tetrazole rings is 1. The number of anilines is 1. The molecular weight excluding hydrogens is 320 g/mol. The molecule has 0 atom stereocenters. The number of aromatic nitrogens is 6. The Kier molecular flexibility index (Phi) is 5.01. The van der Waals surface area contributed by atoms with Crippen molar-refractivity contribution in [3.05, 3.63) is 54.2 Å². The molecule has 9 heteroatoms. The highest BCUT2D eigenvalue weighted by atomic mass is 16.5. The van der Waals surface area contributed by atoms with Crippen LogP contribution < -0.4 is 10.1 Å². The summed E-state index contributed by atoms with van der Waals surface area (Å²) in [6.07, 6.45) is 3.27. The first-order valence-corrected chi connectivity index (χ1v) is 7.65. The fraction of sp³-hybridized carbons (Fsp3) is 0.188. The number of rotatable bonds is 7. The Morgan fingerprint density at radius 2 is 2.28 bits per heavy atom. The smallest absolute Gasteiger partial charge is 0.216 e. The molecule has 3 rings (SSSR count). The second-order valence-electron chi connectivity index (χ2n) is 4.97. The molecule has 9 nitrogen and oxygen atoms in total. The maximum atomic E-state index is 9.21. The molecule has 2 aromatic heterocycles. The van der Waals surface area contributed by atoms with Gasteiger partial charge in [0.25, 0.3) is 0 Å². The van der Waals surface area contributed by atoms with Gasteiger partial charge in [-0.3, -0.25) is 4.68 Å². The number of para-hydroxylation sites is 2. The zero-order valence-electron chi connectivity index (χ0n) is 13.5. The lowest BCUT2D eigenvalue weighted by molar-refractivity contribution is 0.294. The maximum absolute atomic E-state index is 9.21. The Labute approximate surface area is 143 Å². The lowest BCUT2D eigenvalue weighted by Gasteiger charge is -2.12. The lowest BCUT2D eigenvalue weighted by atomic mass is 10.2. The van der Waals surface area contributed by atoms with Gasteiger partial charge in [-0.25, -0.2) is 0 Å². The number of ether oxygens (including phenoxy) is 1.